The van der Waals surface area contributed by atoms with Crippen molar-refractivity contribution < 1.29 is 14.3 Å². The van der Waals surface area contributed by atoms with Crippen molar-refractivity contribution in [3.63, 3.8) is 0 Å². The number of hydrogen-bond donors (Lipinski definition) is 0. The highest BCUT2D eigenvalue weighted by Gasteiger charge is 2.31. The number of methoxy groups -OCH3 is 2. The third-order valence-corrected chi connectivity index (χ3v) is 5.15. The molecular weight excluding hydrogens is 350 g/mol. The fourth-order valence-corrected chi connectivity index (χ4v) is 3.79. The van der Waals surface area contributed by atoms with Gasteiger partial charge in [-0.1, -0.05) is 37.3 Å². The monoisotopic (exact) mass is 373 g/mol. The highest BCUT2D eigenvalue weighted by Crippen LogP contribution is 2.40. The van der Waals surface area contributed by atoms with Crippen molar-refractivity contribution in [1.82, 2.24) is 0 Å². The van der Waals surface area contributed by atoms with Crippen molar-refractivity contribution in [3.05, 3.63) is 65.7 Å². The Labute approximate surface area is 165 Å². The molecule has 3 aromatic carbocycles. The van der Waals surface area contributed by atoms with E-state index < -0.39 is 0 Å². The lowest BCUT2D eigenvalue weighted by Gasteiger charge is -2.15. The molecular formula is C24H23NO3. The molecule has 1 aliphatic rings. The van der Waals surface area contributed by atoms with E-state index in [9.17, 15) is 4.79 Å². The normalized spacial score (nSPS) is 14.6. The molecule has 4 nitrogen and oxygen atoms in total. The van der Waals surface area contributed by atoms with Crippen molar-refractivity contribution in [2.75, 3.05) is 25.7 Å². The van der Waals surface area contributed by atoms with E-state index in [0.29, 0.717) is 12.1 Å². The van der Waals surface area contributed by atoms with E-state index in [1.807, 2.05) is 65.6 Å². The van der Waals surface area contributed by atoms with Crippen LogP contribution in [-0.4, -0.2) is 26.7 Å². The average Bonchev–Trinajstić information content (AvgIpc) is 3.00. The molecule has 142 valence electrons. The van der Waals surface area contributed by atoms with Crippen LogP contribution in [-0.2, 0) is 4.79 Å². The number of nitrogens with zero attached hydrogens (tertiary/aromatic N) is 1. The average molecular weight is 373 g/mol. The zero-order valence-electron chi connectivity index (χ0n) is 16.4. The number of rotatable bonds is 5. The Bertz CT molecular complexity index is 1080. The fraction of sp³-hybridized carbons (Fsp3) is 0.208. The Balaban J connectivity index is 1.96. The maximum absolute atomic E-state index is 13.2. The topological polar surface area (TPSA) is 38.8 Å². The standard InChI is InChI=1S/C24H23NO3/c1-4-13-25-22-8-6-5-7-18(22)21(24(25)26)15-20-19-14-17(27-2)11-9-16(19)10-12-23(20)28-3/h5-12,14-15H,4,13H2,1-3H3/b21-15-. The summed E-state index contributed by atoms with van der Waals surface area (Å²) in [5.74, 6) is 1.53. The van der Waals surface area contributed by atoms with Gasteiger partial charge in [0, 0.05) is 23.2 Å². The molecule has 28 heavy (non-hydrogen) atoms. The molecule has 0 spiro atoms. The molecule has 0 unspecified atom stereocenters. The SMILES string of the molecule is CCCN1C(=O)/C(=C\c2c(OC)ccc3ccc(OC)cc23)c2ccccc21. The van der Waals surface area contributed by atoms with Gasteiger partial charge >= 0.3 is 0 Å². The van der Waals surface area contributed by atoms with Crippen LogP contribution in [0, 0.1) is 0 Å². The first kappa shape index (κ1) is 18.1. The molecule has 1 heterocycles. The lowest BCUT2D eigenvalue weighted by molar-refractivity contribution is -0.113. The first-order valence-electron chi connectivity index (χ1n) is 9.45. The highest BCUT2D eigenvalue weighted by atomic mass is 16.5. The second-order valence-electron chi connectivity index (χ2n) is 6.80. The van der Waals surface area contributed by atoms with Crippen LogP contribution in [0.25, 0.3) is 22.4 Å². The zero-order valence-corrected chi connectivity index (χ0v) is 16.4. The van der Waals surface area contributed by atoms with Crippen LogP contribution in [0.4, 0.5) is 5.69 Å². The lowest BCUT2D eigenvalue weighted by Crippen LogP contribution is -2.26. The summed E-state index contributed by atoms with van der Waals surface area (Å²) in [7, 11) is 3.30. The zero-order chi connectivity index (χ0) is 19.7. The summed E-state index contributed by atoms with van der Waals surface area (Å²) in [6, 6.07) is 17.9. The van der Waals surface area contributed by atoms with Crippen LogP contribution >= 0.6 is 0 Å². The molecule has 0 fully saturated rings. The van der Waals surface area contributed by atoms with Gasteiger partial charge in [-0.3, -0.25) is 4.79 Å². The van der Waals surface area contributed by atoms with E-state index in [1.165, 1.54) is 0 Å². The molecule has 0 N–H and O–H groups in total. The minimum absolute atomic E-state index is 0.0324. The molecule has 4 rings (SSSR count). The van der Waals surface area contributed by atoms with Gasteiger partial charge in [0.1, 0.15) is 11.5 Å². The van der Waals surface area contributed by atoms with Gasteiger partial charge in [0.15, 0.2) is 0 Å². The van der Waals surface area contributed by atoms with Crippen LogP contribution in [0.5, 0.6) is 11.5 Å². The van der Waals surface area contributed by atoms with Gasteiger partial charge in [0.05, 0.1) is 19.9 Å². The molecule has 0 radical (unpaired) electrons. The lowest BCUT2D eigenvalue weighted by atomic mass is 9.98. The number of ether oxygens (including phenoxy) is 2. The molecule has 1 aliphatic heterocycles. The van der Waals surface area contributed by atoms with Gasteiger partial charge in [-0.2, -0.15) is 0 Å². The van der Waals surface area contributed by atoms with Gasteiger partial charge in [-0.15, -0.1) is 0 Å². The third-order valence-electron chi connectivity index (χ3n) is 5.15. The van der Waals surface area contributed by atoms with Crippen LogP contribution in [0.1, 0.15) is 24.5 Å². The number of carbonyl (C=O) groups is 1. The van der Waals surface area contributed by atoms with E-state index >= 15 is 0 Å². The Kier molecular flexibility index (Phi) is 4.78. The van der Waals surface area contributed by atoms with E-state index in [2.05, 4.69) is 6.92 Å². The Morgan fingerprint density at radius 3 is 2.54 bits per heavy atom. The molecule has 1 amide bonds. The number of benzene rings is 3. The van der Waals surface area contributed by atoms with E-state index in [4.69, 9.17) is 9.47 Å². The summed E-state index contributed by atoms with van der Waals surface area (Å²) >= 11 is 0. The molecule has 0 atom stereocenters. The van der Waals surface area contributed by atoms with Gasteiger partial charge in [-0.05, 0) is 47.5 Å². The van der Waals surface area contributed by atoms with Crippen molar-refractivity contribution >= 4 is 34.0 Å². The first-order chi connectivity index (χ1) is 13.7. The van der Waals surface area contributed by atoms with Gasteiger partial charge in [-0.25, -0.2) is 0 Å². The Morgan fingerprint density at radius 1 is 1.00 bits per heavy atom. The quantitative estimate of drug-likeness (QED) is 0.580. The summed E-state index contributed by atoms with van der Waals surface area (Å²) in [6.07, 6.45) is 2.86. The van der Waals surface area contributed by atoms with Gasteiger partial charge in [0.2, 0.25) is 0 Å². The third kappa shape index (κ3) is 2.91. The van der Waals surface area contributed by atoms with Crippen molar-refractivity contribution in [2.45, 2.75) is 13.3 Å². The minimum atomic E-state index is 0.0324. The summed E-state index contributed by atoms with van der Waals surface area (Å²) in [5, 5.41) is 2.06. The van der Waals surface area contributed by atoms with Crippen molar-refractivity contribution in [1.29, 1.82) is 0 Å². The van der Waals surface area contributed by atoms with Gasteiger partial charge in [0.25, 0.3) is 5.91 Å². The van der Waals surface area contributed by atoms with Crippen LogP contribution in [0.2, 0.25) is 0 Å². The minimum Gasteiger partial charge on any atom is -0.497 e. The molecule has 0 saturated carbocycles. The van der Waals surface area contributed by atoms with Crippen molar-refractivity contribution in [3.8, 4) is 11.5 Å². The van der Waals surface area contributed by atoms with Crippen molar-refractivity contribution in [2.24, 2.45) is 0 Å². The molecule has 0 aromatic heterocycles. The van der Waals surface area contributed by atoms with Gasteiger partial charge < -0.3 is 14.4 Å². The molecule has 4 heteroatoms. The fourth-order valence-electron chi connectivity index (χ4n) is 3.79. The predicted octanol–water partition coefficient (Wildman–Crippen LogP) is 5.15. The summed E-state index contributed by atoms with van der Waals surface area (Å²) in [6.45, 7) is 2.78. The predicted molar refractivity (Wildman–Crippen MR) is 114 cm³/mol. The van der Waals surface area contributed by atoms with E-state index in [1.54, 1.807) is 14.2 Å². The Morgan fingerprint density at radius 2 is 1.79 bits per heavy atom. The number of fused-ring (bicyclic) bond motifs is 2. The van der Waals surface area contributed by atoms with Crippen LogP contribution in [0.3, 0.4) is 0 Å². The maximum Gasteiger partial charge on any atom is 0.258 e. The number of para-hydroxylation sites is 1. The van der Waals surface area contributed by atoms with Crippen LogP contribution in [0.15, 0.2) is 54.6 Å². The number of anilines is 1. The van der Waals surface area contributed by atoms with E-state index in [-0.39, 0.29) is 5.91 Å². The summed E-state index contributed by atoms with van der Waals surface area (Å²) in [4.78, 5) is 15.1. The Hall–Kier alpha value is -3.27. The second kappa shape index (κ2) is 7.39. The molecule has 0 aliphatic carbocycles. The smallest absolute Gasteiger partial charge is 0.258 e. The highest BCUT2D eigenvalue weighted by molar-refractivity contribution is 6.36. The second-order valence-corrected chi connectivity index (χ2v) is 6.80. The molecule has 3 aromatic rings. The largest absolute Gasteiger partial charge is 0.497 e. The molecule has 0 bridgehead atoms. The summed E-state index contributed by atoms with van der Waals surface area (Å²) < 4.78 is 11.0. The number of carbonyl (C=O) groups excluding carboxylic acids is 1. The first-order valence-corrected chi connectivity index (χ1v) is 9.45. The number of amides is 1. The summed E-state index contributed by atoms with van der Waals surface area (Å²) in [5.41, 5.74) is 3.51. The maximum atomic E-state index is 13.2. The van der Waals surface area contributed by atoms with E-state index in [0.717, 1.165) is 45.5 Å². The molecule has 0 saturated heterocycles. The number of hydrogen-bond acceptors (Lipinski definition) is 3. The van der Waals surface area contributed by atoms with Crippen LogP contribution < -0.4 is 14.4 Å².